The van der Waals surface area contributed by atoms with E-state index in [9.17, 15) is 4.79 Å². The Morgan fingerprint density at radius 3 is 2.66 bits per heavy atom. The summed E-state index contributed by atoms with van der Waals surface area (Å²) in [5.41, 5.74) is 4.77. The minimum Gasteiger partial charge on any atom is -0.455 e. The van der Waals surface area contributed by atoms with E-state index in [-0.39, 0.29) is 11.5 Å². The molecule has 0 spiro atoms. The van der Waals surface area contributed by atoms with Crippen LogP contribution in [0.1, 0.15) is 48.9 Å². The number of nitrogens with zero attached hydrogens (tertiary/aromatic N) is 3. The van der Waals surface area contributed by atoms with Gasteiger partial charge in [-0.1, -0.05) is 17.7 Å². The van der Waals surface area contributed by atoms with E-state index in [4.69, 9.17) is 16.0 Å². The Balaban J connectivity index is 1.60. The zero-order valence-corrected chi connectivity index (χ0v) is 21.0. The molecule has 0 saturated carbocycles. The Morgan fingerprint density at radius 2 is 1.91 bits per heavy atom. The fraction of sp³-hybridized carbons (Fsp3) is 0.321. The summed E-state index contributed by atoms with van der Waals surface area (Å²) in [6.45, 7) is 7.81. The van der Waals surface area contributed by atoms with Gasteiger partial charge in [0.15, 0.2) is 11.2 Å². The highest BCUT2D eigenvalue weighted by Gasteiger charge is 2.22. The minimum atomic E-state index is -0.142. The predicted molar refractivity (Wildman–Crippen MR) is 143 cm³/mol. The topological polar surface area (TPSA) is 71.3 Å². The summed E-state index contributed by atoms with van der Waals surface area (Å²) in [4.78, 5) is 24.5. The third kappa shape index (κ3) is 4.63. The third-order valence-electron chi connectivity index (χ3n) is 6.65. The van der Waals surface area contributed by atoms with Crippen LogP contribution in [0.2, 0.25) is 5.15 Å². The maximum Gasteiger partial charge on any atom is 0.196 e. The molecule has 4 heterocycles. The van der Waals surface area contributed by atoms with Crippen molar-refractivity contribution in [1.82, 2.24) is 9.97 Å². The molecular formula is C28H29ClN4O2. The van der Waals surface area contributed by atoms with Gasteiger partial charge in [-0.15, -0.1) is 0 Å². The molecule has 0 radical (unpaired) electrons. The van der Waals surface area contributed by atoms with Crippen molar-refractivity contribution < 1.29 is 4.42 Å². The average Bonchev–Trinajstić information content (AvgIpc) is 2.88. The van der Waals surface area contributed by atoms with Gasteiger partial charge in [-0.25, -0.2) is 4.98 Å². The van der Waals surface area contributed by atoms with Crippen molar-refractivity contribution in [2.24, 2.45) is 0 Å². The smallest absolute Gasteiger partial charge is 0.196 e. The Bertz CT molecular complexity index is 1430. The summed E-state index contributed by atoms with van der Waals surface area (Å²) < 4.78 is 6.44. The van der Waals surface area contributed by atoms with Gasteiger partial charge in [0.1, 0.15) is 16.5 Å². The van der Waals surface area contributed by atoms with Crippen LogP contribution in [0.5, 0.6) is 0 Å². The molecule has 1 unspecified atom stereocenters. The number of halogens is 1. The van der Waals surface area contributed by atoms with Crippen LogP contribution in [0, 0.1) is 13.8 Å². The van der Waals surface area contributed by atoms with Gasteiger partial charge in [0, 0.05) is 42.2 Å². The summed E-state index contributed by atoms with van der Waals surface area (Å²) >= 11 is 6.28. The number of pyridine rings is 2. The summed E-state index contributed by atoms with van der Waals surface area (Å²) in [6.07, 6.45) is 6.96. The zero-order valence-electron chi connectivity index (χ0n) is 20.3. The van der Waals surface area contributed by atoms with E-state index in [2.05, 4.69) is 33.2 Å². The second-order valence-corrected chi connectivity index (χ2v) is 9.66. The van der Waals surface area contributed by atoms with Gasteiger partial charge < -0.3 is 14.6 Å². The van der Waals surface area contributed by atoms with Crippen molar-refractivity contribution in [3.05, 3.63) is 80.9 Å². The van der Waals surface area contributed by atoms with Crippen LogP contribution in [0.4, 0.5) is 11.5 Å². The number of rotatable bonds is 5. The summed E-state index contributed by atoms with van der Waals surface area (Å²) in [5.74, 6) is 1.42. The molecule has 7 heteroatoms. The first kappa shape index (κ1) is 23.4. The molecule has 6 nitrogen and oxygen atoms in total. The van der Waals surface area contributed by atoms with Crippen LogP contribution in [0.3, 0.4) is 0 Å². The van der Waals surface area contributed by atoms with Gasteiger partial charge >= 0.3 is 0 Å². The van der Waals surface area contributed by atoms with Crippen molar-refractivity contribution in [3.63, 3.8) is 0 Å². The number of piperidine rings is 1. The van der Waals surface area contributed by atoms with Crippen molar-refractivity contribution >= 4 is 34.1 Å². The predicted octanol–water partition coefficient (Wildman–Crippen LogP) is 6.68. The van der Waals surface area contributed by atoms with E-state index in [1.807, 2.05) is 44.2 Å². The normalized spacial score (nSPS) is 14.8. The van der Waals surface area contributed by atoms with Crippen LogP contribution in [0.25, 0.3) is 22.3 Å². The van der Waals surface area contributed by atoms with Crippen LogP contribution in [0.15, 0.2) is 58.0 Å². The van der Waals surface area contributed by atoms with E-state index in [1.54, 1.807) is 12.4 Å². The lowest BCUT2D eigenvalue weighted by Crippen LogP contribution is -2.31. The third-order valence-corrected chi connectivity index (χ3v) is 6.86. The van der Waals surface area contributed by atoms with Crippen molar-refractivity contribution in [2.45, 2.75) is 46.1 Å². The van der Waals surface area contributed by atoms with Crippen LogP contribution in [-0.4, -0.2) is 23.1 Å². The van der Waals surface area contributed by atoms with Gasteiger partial charge in [-0.3, -0.25) is 9.78 Å². The quantitative estimate of drug-likeness (QED) is 0.316. The second-order valence-electron chi connectivity index (χ2n) is 9.28. The molecule has 0 bridgehead atoms. The second kappa shape index (κ2) is 9.70. The average molecular weight is 489 g/mol. The van der Waals surface area contributed by atoms with Crippen LogP contribution in [-0.2, 0) is 0 Å². The molecule has 0 amide bonds. The number of anilines is 2. The Hall–Kier alpha value is -3.38. The molecule has 3 aromatic heterocycles. The largest absolute Gasteiger partial charge is 0.455 e. The van der Waals surface area contributed by atoms with Crippen molar-refractivity contribution in [2.75, 3.05) is 23.3 Å². The lowest BCUT2D eigenvalue weighted by Gasteiger charge is -2.30. The Kier molecular flexibility index (Phi) is 6.48. The molecule has 1 N–H and O–H groups in total. The molecule has 1 saturated heterocycles. The first-order valence-corrected chi connectivity index (χ1v) is 12.5. The maximum atomic E-state index is 13.4. The summed E-state index contributed by atoms with van der Waals surface area (Å²) in [5, 5.41) is 4.69. The van der Waals surface area contributed by atoms with Gasteiger partial charge in [0.2, 0.25) is 0 Å². The number of hydrogen-bond acceptors (Lipinski definition) is 6. The van der Waals surface area contributed by atoms with Crippen LogP contribution < -0.4 is 15.6 Å². The molecular weight excluding hydrogens is 460 g/mol. The Labute approximate surface area is 210 Å². The van der Waals surface area contributed by atoms with Gasteiger partial charge in [0.25, 0.3) is 0 Å². The number of aryl methyl sites for hydroxylation is 1. The first-order chi connectivity index (χ1) is 16.9. The Morgan fingerprint density at radius 1 is 1.11 bits per heavy atom. The standard InChI is InChI=1S/C28H29ClN4O2/c1-17-14-21(19(3)31-23-9-10-24(29)32-28(23)33-12-5-4-6-13-33)27-22(15-17)25(34)18(2)26(35-27)20-8-7-11-30-16-20/h7-11,14-16,19,31H,4-6,12-13H2,1-3H3. The molecule has 1 atom stereocenters. The molecule has 4 aromatic rings. The lowest BCUT2D eigenvalue weighted by atomic mass is 9.99. The summed E-state index contributed by atoms with van der Waals surface area (Å²) in [7, 11) is 0. The first-order valence-electron chi connectivity index (χ1n) is 12.1. The highest BCUT2D eigenvalue weighted by molar-refractivity contribution is 6.29. The zero-order chi connectivity index (χ0) is 24.5. The van der Waals surface area contributed by atoms with E-state index in [1.165, 1.54) is 6.42 Å². The van der Waals surface area contributed by atoms with E-state index >= 15 is 0 Å². The molecule has 1 aliphatic rings. The number of hydrogen-bond donors (Lipinski definition) is 1. The molecule has 5 rings (SSSR count). The highest BCUT2D eigenvalue weighted by atomic mass is 35.5. The number of nitrogens with one attached hydrogen (secondary N) is 1. The lowest BCUT2D eigenvalue weighted by molar-refractivity contribution is 0.573. The van der Waals surface area contributed by atoms with Gasteiger partial charge in [-0.05, 0) is 75.9 Å². The molecule has 180 valence electrons. The summed E-state index contributed by atoms with van der Waals surface area (Å²) in [6, 6.07) is 11.4. The molecule has 1 aromatic carbocycles. The monoisotopic (exact) mass is 488 g/mol. The van der Waals surface area contributed by atoms with Crippen molar-refractivity contribution in [1.29, 1.82) is 0 Å². The number of aromatic nitrogens is 2. The highest BCUT2D eigenvalue weighted by Crippen LogP contribution is 2.35. The minimum absolute atomic E-state index is 0.0237. The van der Waals surface area contributed by atoms with E-state index in [0.29, 0.717) is 27.4 Å². The molecule has 35 heavy (non-hydrogen) atoms. The van der Waals surface area contributed by atoms with E-state index < -0.39 is 0 Å². The fourth-order valence-corrected chi connectivity index (χ4v) is 5.00. The number of fused-ring (bicyclic) bond motifs is 1. The van der Waals surface area contributed by atoms with E-state index in [0.717, 1.165) is 54.1 Å². The van der Waals surface area contributed by atoms with Crippen LogP contribution >= 0.6 is 11.6 Å². The van der Waals surface area contributed by atoms with Gasteiger partial charge in [-0.2, -0.15) is 0 Å². The fourth-order valence-electron chi connectivity index (χ4n) is 4.86. The maximum absolute atomic E-state index is 13.4. The van der Waals surface area contributed by atoms with Gasteiger partial charge in [0.05, 0.1) is 17.1 Å². The number of benzene rings is 1. The molecule has 1 fully saturated rings. The van der Waals surface area contributed by atoms with Crippen molar-refractivity contribution in [3.8, 4) is 11.3 Å². The molecule has 1 aliphatic heterocycles. The SMILES string of the molecule is Cc1cc(C(C)Nc2ccc(Cl)nc2N2CCCCC2)c2oc(-c3cccnc3)c(C)c(=O)c2c1. The molecule has 0 aliphatic carbocycles.